The molecule has 2 aliphatic heterocycles. The summed E-state index contributed by atoms with van der Waals surface area (Å²) >= 11 is 0. The van der Waals surface area contributed by atoms with Crippen molar-refractivity contribution in [2.24, 2.45) is 12.5 Å². The molecule has 1 spiro atoms. The maximum absolute atomic E-state index is 13.0. The van der Waals surface area contributed by atoms with Gasteiger partial charge in [0, 0.05) is 32.1 Å². The molecule has 4 rings (SSSR count). The number of amides is 1. The second-order valence-corrected chi connectivity index (χ2v) is 8.08. The molecule has 164 valence electrons. The number of carbonyl (C=O) groups excluding carboxylic acids is 2. The molecule has 1 aromatic heterocycles. The van der Waals surface area contributed by atoms with Crippen molar-refractivity contribution < 1.29 is 19.1 Å². The smallest absolute Gasteiger partial charge is 0.297 e. The van der Waals surface area contributed by atoms with Crippen LogP contribution in [0.5, 0.6) is 5.75 Å². The zero-order chi connectivity index (χ0) is 22.2. The van der Waals surface area contributed by atoms with Crippen LogP contribution in [0, 0.1) is 11.2 Å². The molecule has 2 aromatic rings. The average Bonchev–Trinajstić information content (AvgIpc) is 3.24. The number of nitrogens with one attached hydrogen (secondary N) is 2. The normalized spacial score (nSPS) is 21.0. The second kappa shape index (κ2) is 8.10. The number of carbonyl (C=O) groups is 2. The molecule has 1 unspecified atom stereocenters. The van der Waals surface area contributed by atoms with Crippen molar-refractivity contribution in [3.8, 4) is 5.75 Å². The highest BCUT2D eigenvalue weighted by Crippen LogP contribution is 2.35. The van der Waals surface area contributed by atoms with Gasteiger partial charge in [-0.25, -0.2) is 9.37 Å². The number of piperidine rings is 1. The third kappa shape index (κ3) is 3.90. The van der Waals surface area contributed by atoms with Gasteiger partial charge in [0.05, 0.1) is 6.54 Å². The Bertz CT molecular complexity index is 1080. The summed E-state index contributed by atoms with van der Waals surface area (Å²) in [5.41, 5.74) is -0.903. The van der Waals surface area contributed by atoms with E-state index in [0.29, 0.717) is 25.1 Å². The highest BCUT2D eigenvalue weighted by atomic mass is 19.1. The highest BCUT2D eigenvalue weighted by molar-refractivity contribution is 5.95. The zero-order valence-corrected chi connectivity index (χ0v) is 17.2. The van der Waals surface area contributed by atoms with E-state index in [1.165, 1.54) is 31.3 Å². The van der Waals surface area contributed by atoms with Crippen molar-refractivity contribution in [2.45, 2.75) is 19.4 Å². The van der Waals surface area contributed by atoms with E-state index in [2.05, 4.69) is 15.6 Å². The first-order valence-corrected chi connectivity index (χ1v) is 10.1. The van der Waals surface area contributed by atoms with Crippen molar-refractivity contribution in [2.75, 3.05) is 31.1 Å². The van der Waals surface area contributed by atoms with E-state index >= 15 is 0 Å². The lowest BCUT2D eigenvalue weighted by Gasteiger charge is -2.38. The molecular weight excluding hydrogens is 405 g/mol. The van der Waals surface area contributed by atoms with Gasteiger partial charge in [-0.2, -0.15) is 0 Å². The molecule has 10 heteroatoms. The number of aromatic nitrogens is 2. The van der Waals surface area contributed by atoms with E-state index in [0.717, 1.165) is 17.5 Å². The van der Waals surface area contributed by atoms with E-state index in [9.17, 15) is 23.9 Å². The third-order valence-electron chi connectivity index (χ3n) is 6.14. The Kier molecular flexibility index (Phi) is 5.48. The minimum absolute atomic E-state index is 0.0719. The van der Waals surface area contributed by atoms with Crippen LogP contribution >= 0.6 is 0 Å². The number of ketones is 1. The maximum atomic E-state index is 13.0. The summed E-state index contributed by atoms with van der Waals surface area (Å²) in [4.78, 5) is 43.9. The molecule has 2 aliphatic rings. The standard InChI is InChI=1S/C21H24FN5O4/c1-26-19(31)17(29)16(18(30)24-10-13-2-4-14(22)5-3-13)25-20(26)27-9-7-21(15(28)11-27)6-8-23-12-21/h2-5,23,29H,6-12H2,1H3,(H,24,30). The Labute approximate surface area is 177 Å². The number of hydrogen-bond acceptors (Lipinski definition) is 7. The fourth-order valence-corrected chi connectivity index (χ4v) is 4.16. The summed E-state index contributed by atoms with van der Waals surface area (Å²) in [5.74, 6) is -1.66. The Morgan fingerprint density at radius 3 is 2.68 bits per heavy atom. The molecule has 1 atom stereocenters. The van der Waals surface area contributed by atoms with Crippen LogP contribution in [0.4, 0.5) is 10.3 Å². The first kappa shape index (κ1) is 21.0. The molecule has 0 radical (unpaired) electrons. The number of halogens is 1. The summed E-state index contributed by atoms with van der Waals surface area (Å²) in [6.45, 7) is 2.12. The number of rotatable bonds is 4. The summed E-state index contributed by atoms with van der Waals surface area (Å²) in [6, 6.07) is 5.58. The quantitative estimate of drug-likeness (QED) is 0.641. The fourth-order valence-electron chi connectivity index (χ4n) is 4.16. The number of hydrogen-bond donors (Lipinski definition) is 3. The topological polar surface area (TPSA) is 117 Å². The van der Waals surface area contributed by atoms with Crippen molar-refractivity contribution in [3.05, 3.63) is 51.7 Å². The lowest BCUT2D eigenvalue weighted by Crippen LogP contribution is -2.50. The van der Waals surface area contributed by atoms with Gasteiger partial charge < -0.3 is 20.6 Å². The Morgan fingerprint density at radius 2 is 2.03 bits per heavy atom. The van der Waals surface area contributed by atoms with Crippen LogP contribution in [-0.4, -0.2) is 52.5 Å². The molecule has 1 aromatic carbocycles. The molecule has 3 N–H and O–H groups in total. The zero-order valence-electron chi connectivity index (χ0n) is 17.2. The summed E-state index contributed by atoms with van der Waals surface area (Å²) in [5, 5.41) is 16.0. The van der Waals surface area contributed by atoms with E-state index in [1.807, 2.05) is 0 Å². The van der Waals surface area contributed by atoms with E-state index < -0.39 is 28.7 Å². The Morgan fingerprint density at radius 1 is 1.29 bits per heavy atom. The van der Waals surface area contributed by atoms with Crippen molar-refractivity contribution in [1.82, 2.24) is 20.2 Å². The lowest BCUT2D eigenvalue weighted by atomic mass is 9.77. The molecule has 9 nitrogen and oxygen atoms in total. The minimum atomic E-state index is -0.771. The van der Waals surface area contributed by atoms with E-state index in [-0.39, 0.29) is 30.2 Å². The lowest BCUT2D eigenvalue weighted by molar-refractivity contribution is -0.128. The number of anilines is 1. The van der Waals surface area contributed by atoms with Crippen LogP contribution in [0.3, 0.4) is 0 Å². The molecule has 0 aliphatic carbocycles. The largest absolute Gasteiger partial charge is 0.501 e. The molecular formula is C21H24FN5O4. The molecule has 2 saturated heterocycles. The molecule has 0 saturated carbocycles. The number of aromatic hydroxyl groups is 1. The average molecular weight is 429 g/mol. The maximum Gasteiger partial charge on any atom is 0.297 e. The van der Waals surface area contributed by atoms with Crippen LogP contribution < -0.4 is 21.1 Å². The highest BCUT2D eigenvalue weighted by Gasteiger charge is 2.44. The van der Waals surface area contributed by atoms with Crippen LogP contribution in [0.2, 0.25) is 0 Å². The van der Waals surface area contributed by atoms with Crippen LogP contribution in [-0.2, 0) is 18.4 Å². The first-order chi connectivity index (χ1) is 14.8. The molecule has 1 amide bonds. The van der Waals surface area contributed by atoms with Gasteiger partial charge in [-0.15, -0.1) is 0 Å². The van der Waals surface area contributed by atoms with Gasteiger partial charge in [0.1, 0.15) is 5.82 Å². The van der Waals surface area contributed by atoms with E-state index in [1.54, 1.807) is 4.90 Å². The molecule has 3 heterocycles. The molecule has 0 bridgehead atoms. The summed E-state index contributed by atoms with van der Waals surface area (Å²) in [7, 11) is 1.44. The minimum Gasteiger partial charge on any atom is -0.501 e. The number of benzene rings is 1. The van der Waals surface area contributed by atoms with Crippen molar-refractivity contribution in [3.63, 3.8) is 0 Å². The van der Waals surface area contributed by atoms with Gasteiger partial charge in [-0.05, 0) is 37.1 Å². The van der Waals surface area contributed by atoms with Gasteiger partial charge in [0.15, 0.2) is 11.5 Å². The van der Waals surface area contributed by atoms with E-state index in [4.69, 9.17) is 0 Å². The Balaban J connectivity index is 1.56. The molecule has 31 heavy (non-hydrogen) atoms. The van der Waals surface area contributed by atoms with Crippen LogP contribution in [0.15, 0.2) is 29.1 Å². The van der Waals surface area contributed by atoms with Gasteiger partial charge >= 0.3 is 0 Å². The molecule has 2 fully saturated rings. The van der Waals surface area contributed by atoms with Crippen LogP contribution in [0.1, 0.15) is 28.9 Å². The second-order valence-electron chi connectivity index (χ2n) is 8.08. The predicted molar refractivity (Wildman–Crippen MR) is 110 cm³/mol. The monoisotopic (exact) mass is 429 g/mol. The number of Topliss-reactive ketones (excluding diaryl/α,β-unsaturated/α-hetero) is 1. The summed E-state index contributed by atoms with van der Waals surface area (Å²) < 4.78 is 14.2. The Hall–Kier alpha value is -3.27. The van der Waals surface area contributed by atoms with Gasteiger partial charge in [-0.3, -0.25) is 19.0 Å². The third-order valence-corrected chi connectivity index (χ3v) is 6.14. The van der Waals surface area contributed by atoms with Crippen molar-refractivity contribution in [1.29, 1.82) is 0 Å². The van der Waals surface area contributed by atoms with Gasteiger partial charge in [-0.1, -0.05) is 12.1 Å². The van der Waals surface area contributed by atoms with Gasteiger partial charge in [0.2, 0.25) is 11.7 Å². The first-order valence-electron chi connectivity index (χ1n) is 10.1. The van der Waals surface area contributed by atoms with Gasteiger partial charge in [0.25, 0.3) is 11.5 Å². The fraction of sp³-hybridized carbons (Fsp3) is 0.429. The van der Waals surface area contributed by atoms with Crippen molar-refractivity contribution >= 4 is 17.6 Å². The number of nitrogens with zero attached hydrogens (tertiary/aromatic N) is 3. The SMILES string of the molecule is Cn1c(N2CCC3(CCNC3)C(=O)C2)nc(C(=O)NCc2ccc(F)cc2)c(O)c1=O. The summed E-state index contributed by atoms with van der Waals surface area (Å²) in [6.07, 6.45) is 1.42. The van der Waals surface area contributed by atoms with Crippen LogP contribution in [0.25, 0.3) is 0 Å². The predicted octanol–water partition coefficient (Wildman–Crippen LogP) is 0.314.